The number of carbonyl (C=O) groups excluding carboxylic acids is 1. The Labute approximate surface area is 118 Å². The van der Waals surface area contributed by atoms with Crippen LogP contribution in [0.1, 0.15) is 17.3 Å². The average molecular weight is 285 g/mol. The van der Waals surface area contributed by atoms with Gasteiger partial charge in [0.25, 0.3) is 0 Å². The zero-order chi connectivity index (χ0) is 15.0. The van der Waals surface area contributed by atoms with Gasteiger partial charge in [-0.3, -0.25) is 9.59 Å². The van der Waals surface area contributed by atoms with Gasteiger partial charge in [0.05, 0.1) is 12.0 Å². The molecule has 1 N–H and O–H groups in total. The molecule has 1 aromatic carbocycles. The van der Waals surface area contributed by atoms with Gasteiger partial charge < -0.3 is 14.1 Å². The van der Waals surface area contributed by atoms with Crippen molar-refractivity contribution in [2.45, 2.75) is 6.92 Å². The SMILES string of the molecule is CCOC(=O)c1coc2cc3ccc(=O)[nH]c3cc2c1=O. The first-order chi connectivity index (χ1) is 10.1. The number of esters is 1. The molecule has 0 saturated heterocycles. The van der Waals surface area contributed by atoms with E-state index < -0.39 is 11.4 Å². The molecule has 2 heterocycles. The van der Waals surface area contributed by atoms with Gasteiger partial charge in [0.1, 0.15) is 17.4 Å². The Hall–Kier alpha value is -2.89. The van der Waals surface area contributed by atoms with Crippen LogP contribution in [0, 0.1) is 0 Å². The van der Waals surface area contributed by atoms with Crippen molar-refractivity contribution in [3.05, 3.63) is 56.7 Å². The fourth-order valence-electron chi connectivity index (χ4n) is 2.13. The topological polar surface area (TPSA) is 89.4 Å². The normalized spacial score (nSPS) is 10.9. The van der Waals surface area contributed by atoms with Crippen LogP contribution in [0.15, 0.2) is 44.5 Å². The molecule has 2 aromatic heterocycles. The van der Waals surface area contributed by atoms with Gasteiger partial charge in [-0.1, -0.05) is 0 Å². The number of hydrogen-bond acceptors (Lipinski definition) is 5. The molecule has 0 fully saturated rings. The summed E-state index contributed by atoms with van der Waals surface area (Å²) in [6, 6.07) is 6.16. The third-order valence-corrected chi connectivity index (χ3v) is 3.11. The molecule has 0 radical (unpaired) electrons. The molecule has 0 amide bonds. The van der Waals surface area contributed by atoms with Crippen LogP contribution < -0.4 is 11.0 Å². The minimum absolute atomic E-state index is 0.165. The van der Waals surface area contributed by atoms with Crippen molar-refractivity contribution < 1.29 is 13.9 Å². The van der Waals surface area contributed by atoms with E-state index in [1.54, 1.807) is 19.1 Å². The molecule has 0 spiro atoms. The highest BCUT2D eigenvalue weighted by atomic mass is 16.5. The van der Waals surface area contributed by atoms with Gasteiger partial charge in [0, 0.05) is 17.0 Å². The summed E-state index contributed by atoms with van der Waals surface area (Å²) in [5, 5.41) is 0.948. The molecular weight excluding hydrogens is 274 g/mol. The number of aromatic amines is 1. The summed E-state index contributed by atoms with van der Waals surface area (Å²) >= 11 is 0. The predicted octanol–water partition coefficient (Wildman–Crippen LogP) is 1.81. The van der Waals surface area contributed by atoms with Gasteiger partial charge in [-0.15, -0.1) is 0 Å². The number of pyridine rings is 1. The van der Waals surface area contributed by atoms with Crippen molar-refractivity contribution in [3.8, 4) is 0 Å². The van der Waals surface area contributed by atoms with E-state index >= 15 is 0 Å². The summed E-state index contributed by atoms with van der Waals surface area (Å²) in [7, 11) is 0. The van der Waals surface area contributed by atoms with Crippen molar-refractivity contribution in [2.75, 3.05) is 6.61 Å². The molecule has 0 atom stereocenters. The highest BCUT2D eigenvalue weighted by Gasteiger charge is 2.15. The zero-order valence-corrected chi connectivity index (χ0v) is 11.1. The first-order valence-corrected chi connectivity index (χ1v) is 6.36. The summed E-state index contributed by atoms with van der Waals surface area (Å²) in [5.41, 5.74) is -0.0769. The number of ether oxygens (including phenoxy) is 1. The molecule has 106 valence electrons. The molecule has 0 saturated carbocycles. The second-order valence-electron chi connectivity index (χ2n) is 4.46. The molecule has 0 aliphatic carbocycles. The van der Waals surface area contributed by atoms with Crippen molar-refractivity contribution in [1.29, 1.82) is 0 Å². The maximum atomic E-state index is 12.3. The van der Waals surface area contributed by atoms with Crippen LogP contribution in [0.5, 0.6) is 0 Å². The van der Waals surface area contributed by atoms with Gasteiger partial charge in [0.2, 0.25) is 11.0 Å². The van der Waals surface area contributed by atoms with E-state index in [-0.39, 0.29) is 23.1 Å². The summed E-state index contributed by atoms with van der Waals surface area (Å²) < 4.78 is 10.1. The highest BCUT2D eigenvalue weighted by Crippen LogP contribution is 2.19. The number of H-pyrrole nitrogens is 1. The molecule has 0 unspecified atom stereocenters. The molecule has 3 aromatic rings. The van der Waals surface area contributed by atoms with Crippen molar-refractivity contribution >= 4 is 27.8 Å². The molecule has 6 heteroatoms. The lowest BCUT2D eigenvalue weighted by molar-refractivity contribution is 0.0522. The smallest absolute Gasteiger partial charge is 0.345 e. The molecule has 0 bridgehead atoms. The Balaban J connectivity index is 2.32. The van der Waals surface area contributed by atoms with Gasteiger partial charge in [0.15, 0.2) is 0 Å². The third-order valence-electron chi connectivity index (χ3n) is 3.11. The van der Waals surface area contributed by atoms with E-state index in [0.29, 0.717) is 11.1 Å². The molecular formula is C15H11NO5. The first-order valence-electron chi connectivity index (χ1n) is 6.36. The van der Waals surface area contributed by atoms with Crippen molar-refractivity contribution in [2.24, 2.45) is 0 Å². The van der Waals surface area contributed by atoms with E-state index in [0.717, 1.165) is 11.6 Å². The zero-order valence-electron chi connectivity index (χ0n) is 11.1. The Morgan fingerprint density at radius 1 is 1.29 bits per heavy atom. The quantitative estimate of drug-likeness (QED) is 0.573. The second kappa shape index (κ2) is 4.90. The summed E-state index contributed by atoms with van der Waals surface area (Å²) in [6.45, 7) is 1.82. The largest absolute Gasteiger partial charge is 0.463 e. The monoisotopic (exact) mass is 285 g/mol. The van der Waals surface area contributed by atoms with E-state index in [1.807, 2.05) is 0 Å². The summed E-state index contributed by atoms with van der Waals surface area (Å²) in [6.07, 6.45) is 1.10. The number of hydrogen-bond donors (Lipinski definition) is 1. The average Bonchev–Trinajstić information content (AvgIpc) is 2.46. The number of benzene rings is 1. The Bertz CT molecular complexity index is 967. The number of aromatic nitrogens is 1. The Morgan fingerprint density at radius 2 is 2.10 bits per heavy atom. The third kappa shape index (κ3) is 2.20. The highest BCUT2D eigenvalue weighted by molar-refractivity contribution is 5.97. The summed E-state index contributed by atoms with van der Waals surface area (Å²) in [5.74, 6) is -0.727. The van der Waals surface area contributed by atoms with Crippen LogP contribution in [0.3, 0.4) is 0 Å². The minimum Gasteiger partial charge on any atom is -0.463 e. The van der Waals surface area contributed by atoms with E-state index in [1.165, 1.54) is 12.1 Å². The van der Waals surface area contributed by atoms with E-state index in [4.69, 9.17) is 9.15 Å². The Morgan fingerprint density at radius 3 is 2.86 bits per heavy atom. The summed E-state index contributed by atoms with van der Waals surface area (Å²) in [4.78, 5) is 38.0. The number of nitrogens with one attached hydrogen (secondary N) is 1. The molecule has 3 rings (SSSR count). The predicted molar refractivity (Wildman–Crippen MR) is 76.6 cm³/mol. The van der Waals surface area contributed by atoms with Crippen LogP contribution >= 0.6 is 0 Å². The maximum Gasteiger partial charge on any atom is 0.345 e. The maximum absolute atomic E-state index is 12.3. The van der Waals surface area contributed by atoms with Crippen LogP contribution in [0.25, 0.3) is 21.9 Å². The van der Waals surface area contributed by atoms with E-state index in [2.05, 4.69) is 4.98 Å². The molecule has 0 aliphatic rings. The minimum atomic E-state index is -0.727. The van der Waals surface area contributed by atoms with Crippen LogP contribution in [0.4, 0.5) is 0 Å². The molecule has 6 nitrogen and oxygen atoms in total. The second-order valence-corrected chi connectivity index (χ2v) is 4.46. The van der Waals surface area contributed by atoms with Gasteiger partial charge >= 0.3 is 5.97 Å². The fourth-order valence-corrected chi connectivity index (χ4v) is 2.13. The number of rotatable bonds is 2. The van der Waals surface area contributed by atoms with Crippen LogP contribution in [-0.2, 0) is 4.74 Å². The van der Waals surface area contributed by atoms with Gasteiger partial charge in [-0.2, -0.15) is 0 Å². The molecule has 21 heavy (non-hydrogen) atoms. The number of carbonyl (C=O) groups is 1. The lowest BCUT2D eigenvalue weighted by atomic mass is 10.1. The Kier molecular flexibility index (Phi) is 3.06. The van der Waals surface area contributed by atoms with Crippen molar-refractivity contribution in [3.63, 3.8) is 0 Å². The van der Waals surface area contributed by atoms with Crippen LogP contribution in [-0.4, -0.2) is 17.6 Å². The lowest BCUT2D eigenvalue weighted by Gasteiger charge is -2.04. The number of fused-ring (bicyclic) bond motifs is 2. The van der Waals surface area contributed by atoms with Crippen molar-refractivity contribution in [1.82, 2.24) is 4.98 Å². The lowest BCUT2D eigenvalue weighted by Crippen LogP contribution is -2.17. The molecule has 0 aliphatic heterocycles. The standard InChI is InChI=1S/C15H11NO5/c1-2-20-15(19)10-7-21-12-5-8-3-4-13(17)16-11(8)6-9(12)14(10)18/h3-7H,2H2,1H3,(H,16,17). The van der Waals surface area contributed by atoms with E-state index in [9.17, 15) is 14.4 Å². The fraction of sp³-hybridized carbons (Fsp3) is 0.133. The van der Waals surface area contributed by atoms with Gasteiger partial charge in [-0.25, -0.2) is 4.79 Å². The first kappa shape index (κ1) is 13.1. The van der Waals surface area contributed by atoms with Crippen LogP contribution in [0.2, 0.25) is 0 Å². The van der Waals surface area contributed by atoms with Gasteiger partial charge in [-0.05, 0) is 25.1 Å².